The van der Waals surface area contributed by atoms with Gasteiger partial charge in [-0.25, -0.2) is 0 Å². The van der Waals surface area contributed by atoms with Crippen LogP contribution in [0.1, 0.15) is 36.1 Å². The molecule has 0 saturated heterocycles. The Morgan fingerprint density at radius 1 is 0.325 bits per heavy atom. The van der Waals surface area contributed by atoms with Gasteiger partial charge < -0.3 is 4.90 Å². The number of allylic oxidation sites excluding steroid dienone is 4. The lowest BCUT2D eigenvalue weighted by Crippen LogP contribution is -2.27. The molecule has 0 saturated carbocycles. The zero-order chi connectivity index (χ0) is 51.0. The molecule has 0 radical (unpaired) electrons. The van der Waals surface area contributed by atoms with Crippen molar-refractivity contribution in [2.45, 2.75) is 19.3 Å². The number of benzene rings is 12. The lowest BCUT2D eigenvalue weighted by atomic mass is 9.70. The third-order valence-corrected chi connectivity index (χ3v) is 17.5. The highest BCUT2D eigenvalue weighted by atomic mass is 15.1. The van der Waals surface area contributed by atoms with E-state index in [-0.39, 0.29) is 5.41 Å². The van der Waals surface area contributed by atoms with Crippen molar-refractivity contribution in [3.05, 3.63) is 305 Å². The topological polar surface area (TPSA) is 3.24 Å². The van der Waals surface area contributed by atoms with Crippen molar-refractivity contribution in [3.63, 3.8) is 0 Å². The van der Waals surface area contributed by atoms with Crippen molar-refractivity contribution in [1.82, 2.24) is 0 Å². The fourth-order valence-electron chi connectivity index (χ4n) is 14.0. The van der Waals surface area contributed by atoms with Crippen molar-refractivity contribution < 1.29 is 0 Å². The summed E-state index contributed by atoms with van der Waals surface area (Å²) in [6, 6.07) is 93.3. The quantitative estimate of drug-likeness (QED) is 0.150. The Bertz CT molecular complexity index is 4600. The molecule has 0 atom stereocenters. The maximum absolute atomic E-state index is 2.48. The van der Waals surface area contributed by atoms with Gasteiger partial charge in [-0.15, -0.1) is 0 Å². The summed E-state index contributed by atoms with van der Waals surface area (Å²) in [5.41, 5.74) is 23.4. The number of hydrogen-bond acceptors (Lipinski definition) is 1. The highest BCUT2D eigenvalue weighted by molar-refractivity contribution is 6.26. The molecule has 0 N–H and O–H groups in total. The first kappa shape index (κ1) is 43.8. The Labute approximate surface area is 449 Å². The van der Waals surface area contributed by atoms with Crippen molar-refractivity contribution in [1.29, 1.82) is 0 Å². The van der Waals surface area contributed by atoms with Crippen LogP contribution in [0.25, 0.3) is 99.6 Å². The fourth-order valence-corrected chi connectivity index (χ4v) is 14.0. The maximum atomic E-state index is 2.48. The second-order valence-corrected chi connectivity index (χ2v) is 22.0. The zero-order valence-electron chi connectivity index (χ0n) is 42.9. The molecule has 1 heteroatoms. The van der Waals surface area contributed by atoms with Crippen LogP contribution in [0.2, 0.25) is 0 Å². The summed E-state index contributed by atoms with van der Waals surface area (Å²) in [6.07, 6.45) is 9.21. The van der Waals surface area contributed by atoms with Crippen LogP contribution in [0.15, 0.2) is 273 Å². The van der Waals surface area contributed by atoms with E-state index >= 15 is 0 Å². The summed E-state index contributed by atoms with van der Waals surface area (Å²) in [7, 11) is 0. The monoisotopic (exact) mass is 977 g/mol. The van der Waals surface area contributed by atoms with Crippen molar-refractivity contribution in [3.8, 4) is 55.6 Å². The molecule has 77 heavy (non-hydrogen) atoms. The molecule has 12 aromatic carbocycles. The van der Waals surface area contributed by atoms with Gasteiger partial charge in [0.2, 0.25) is 0 Å². The molecule has 4 aliphatic carbocycles. The summed E-state index contributed by atoms with van der Waals surface area (Å²) >= 11 is 0. The molecule has 1 nitrogen and oxygen atoms in total. The summed E-state index contributed by atoms with van der Waals surface area (Å²) in [4.78, 5) is 2.44. The first-order valence-corrected chi connectivity index (χ1v) is 27.1. The highest BCUT2D eigenvalue weighted by Crippen LogP contribution is 2.63. The van der Waals surface area contributed by atoms with Gasteiger partial charge in [-0.3, -0.25) is 0 Å². The molecule has 0 unspecified atom stereocenters. The van der Waals surface area contributed by atoms with Crippen LogP contribution in [-0.4, -0.2) is 0 Å². The van der Waals surface area contributed by atoms with E-state index in [9.17, 15) is 0 Å². The first-order valence-electron chi connectivity index (χ1n) is 27.1. The fraction of sp³-hybridized carbons (Fsp3) is 0.0526. The second kappa shape index (κ2) is 16.5. The molecule has 12 aromatic rings. The van der Waals surface area contributed by atoms with Gasteiger partial charge in [0, 0.05) is 22.5 Å². The number of hydrogen-bond donors (Lipinski definition) is 0. The summed E-state index contributed by atoms with van der Waals surface area (Å²) < 4.78 is 0. The minimum absolute atomic E-state index is 0.0258. The van der Waals surface area contributed by atoms with E-state index in [4.69, 9.17) is 0 Å². The van der Waals surface area contributed by atoms with Crippen molar-refractivity contribution >= 4 is 61.0 Å². The van der Waals surface area contributed by atoms with Crippen LogP contribution in [0, 0.1) is 5.41 Å². The highest BCUT2D eigenvalue weighted by Gasteiger charge is 2.51. The van der Waals surface area contributed by atoms with E-state index < -0.39 is 5.41 Å². The van der Waals surface area contributed by atoms with Gasteiger partial charge in [0.15, 0.2) is 0 Å². The third-order valence-electron chi connectivity index (χ3n) is 17.5. The third kappa shape index (κ3) is 6.41. The van der Waals surface area contributed by atoms with E-state index in [1.165, 1.54) is 132 Å². The van der Waals surface area contributed by atoms with E-state index in [1.807, 2.05) is 0 Å². The van der Waals surface area contributed by atoms with Gasteiger partial charge >= 0.3 is 0 Å². The van der Waals surface area contributed by atoms with Gasteiger partial charge in [-0.1, -0.05) is 226 Å². The molecule has 1 spiro atoms. The first-order chi connectivity index (χ1) is 37.9. The van der Waals surface area contributed by atoms with E-state index in [1.54, 1.807) is 0 Å². The van der Waals surface area contributed by atoms with Crippen molar-refractivity contribution in [2.24, 2.45) is 5.41 Å². The SMILES string of the molecule is CC1(C)C=CC=C2C=c3cc4c5ccccc5c5cc(-c6ccc(-c7ccc(N(c8ccc(-c9ccccc9)cc8)c8ccc9c(c8)C8(c%10ccccc%10-c%10ccccc%108)c8ccccc8-9)cc7)cc6)ccc5c4cc3=C21. The second-order valence-electron chi connectivity index (χ2n) is 22.0. The van der Waals surface area contributed by atoms with Crippen molar-refractivity contribution in [2.75, 3.05) is 4.90 Å². The molecule has 360 valence electrons. The minimum Gasteiger partial charge on any atom is -0.310 e. The number of anilines is 3. The maximum Gasteiger partial charge on any atom is 0.0726 e. The normalized spacial score (nSPS) is 14.7. The summed E-state index contributed by atoms with van der Waals surface area (Å²) in [5, 5.41) is 10.5. The molecule has 4 aliphatic rings. The average molecular weight is 978 g/mol. The Balaban J connectivity index is 0.782. The van der Waals surface area contributed by atoms with Crippen LogP contribution in [0.3, 0.4) is 0 Å². The van der Waals surface area contributed by atoms with Crippen LogP contribution in [0.5, 0.6) is 0 Å². The lowest BCUT2D eigenvalue weighted by molar-refractivity contribution is 0.644. The molecule has 0 aromatic heterocycles. The summed E-state index contributed by atoms with van der Waals surface area (Å²) in [6.45, 7) is 4.67. The molecule has 0 heterocycles. The molecule has 0 aliphatic heterocycles. The number of nitrogens with zero attached hydrogens (tertiary/aromatic N) is 1. The average Bonchev–Trinajstić information content (AvgIpc) is 3.39. The molecular formula is C76H51N. The number of fused-ring (bicyclic) bond motifs is 18. The molecule has 0 bridgehead atoms. The lowest BCUT2D eigenvalue weighted by Gasteiger charge is -2.32. The Kier molecular flexibility index (Phi) is 9.37. The predicted octanol–water partition coefficient (Wildman–Crippen LogP) is 18.4. The molecular weight excluding hydrogens is 927 g/mol. The van der Waals surface area contributed by atoms with E-state index in [0.29, 0.717) is 0 Å². The van der Waals surface area contributed by atoms with Crippen LogP contribution >= 0.6 is 0 Å². The largest absolute Gasteiger partial charge is 0.310 e. The predicted molar refractivity (Wildman–Crippen MR) is 324 cm³/mol. The van der Waals surface area contributed by atoms with Gasteiger partial charge in [-0.2, -0.15) is 0 Å². The van der Waals surface area contributed by atoms with Crippen LogP contribution in [-0.2, 0) is 5.41 Å². The van der Waals surface area contributed by atoms with Gasteiger partial charge in [0.1, 0.15) is 0 Å². The minimum atomic E-state index is -0.436. The molecule has 16 rings (SSSR count). The Morgan fingerprint density at radius 3 is 1.36 bits per heavy atom. The number of rotatable bonds is 6. The van der Waals surface area contributed by atoms with E-state index in [0.717, 1.165) is 17.1 Å². The standard InChI is InChI=1S/C76H51N/c1-75(2)42-14-17-54-43-55-45-68-60-19-7-6-18-59(60)67-44-53(34-40-61(67)69(68)47-66(55)74(54)75)52-28-26-49(27-29-52)51-32-37-57(38-33-51)77(56-35-30-50(31-36-56)48-15-4-3-5-16-48)58-39-41-65-64-22-10-13-25-72(64)76(73(65)46-58)70-23-11-8-20-62(70)63-21-9-12-24-71(63)76/h3-47H,1-2H3. The van der Waals surface area contributed by atoms with Crippen LogP contribution < -0.4 is 15.3 Å². The van der Waals surface area contributed by atoms with Crippen LogP contribution in [0.4, 0.5) is 17.1 Å². The zero-order valence-corrected chi connectivity index (χ0v) is 42.9. The smallest absolute Gasteiger partial charge is 0.0726 e. The van der Waals surface area contributed by atoms with Gasteiger partial charge in [0.05, 0.1) is 5.41 Å². The Morgan fingerprint density at radius 2 is 0.766 bits per heavy atom. The Hall–Kier alpha value is -9.56. The molecule has 0 amide bonds. The van der Waals surface area contributed by atoms with Gasteiger partial charge in [0.25, 0.3) is 0 Å². The summed E-state index contributed by atoms with van der Waals surface area (Å²) in [5.74, 6) is 0. The van der Waals surface area contributed by atoms with Gasteiger partial charge in [-0.05, 0) is 192 Å². The molecule has 0 fully saturated rings. The van der Waals surface area contributed by atoms with E-state index in [2.05, 4.69) is 292 Å².